The van der Waals surface area contributed by atoms with Crippen LogP contribution in [0.3, 0.4) is 0 Å². The molecule has 0 radical (unpaired) electrons. The van der Waals surface area contributed by atoms with Gasteiger partial charge in [0.05, 0.1) is 18.9 Å². The number of carbonyl (C=O) groups excluding carboxylic acids is 1. The van der Waals surface area contributed by atoms with Gasteiger partial charge in [0.2, 0.25) is 5.89 Å². The molecule has 0 saturated heterocycles. The number of esters is 1. The van der Waals surface area contributed by atoms with Crippen LogP contribution in [-0.4, -0.2) is 24.2 Å². The van der Waals surface area contributed by atoms with E-state index in [1.54, 1.807) is 13.0 Å². The third-order valence-electron chi connectivity index (χ3n) is 4.18. The van der Waals surface area contributed by atoms with Crippen molar-refractivity contribution in [1.29, 1.82) is 0 Å². The number of ether oxygens (including phenoxy) is 2. The molecule has 0 saturated carbocycles. The molecule has 3 rings (SSSR count). The van der Waals surface area contributed by atoms with E-state index in [9.17, 15) is 4.79 Å². The number of rotatable bonds is 8. The fraction of sp³-hybridized carbons (Fsp3) is 0.217. The lowest BCUT2D eigenvalue weighted by atomic mass is 10.2. The molecule has 1 aromatic heterocycles. The van der Waals surface area contributed by atoms with Crippen LogP contribution in [0.1, 0.15) is 23.9 Å². The van der Waals surface area contributed by atoms with Gasteiger partial charge in [-0.3, -0.25) is 0 Å². The average Bonchev–Trinajstić information content (AvgIpc) is 3.09. The zero-order valence-electron chi connectivity index (χ0n) is 16.4. The van der Waals surface area contributed by atoms with Crippen LogP contribution < -0.4 is 4.74 Å². The molecule has 3 aromatic rings. The first-order valence-electron chi connectivity index (χ1n) is 9.35. The van der Waals surface area contributed by atoms with Crippen LogP contribution in [-0.2, 0) is 16.0 Å². The first-order valence-corrected chi connectivity index (χ1v) is 10.1. The maximum Gasteiger partial charge on any atom is 0.330 e. The number of aryl methyl sites for hydroxylation is 1. The predicted molar refractivity (Wildman–Crippen MR) is 116 cm³/mol. The topological polar surface area (TPSA) is 61.6 Å². The lowest BCUT2D eigenvalue weighted by Gasteiger charge is -2.07. The van der Waals surface area contributed by atoms with Gasteiger partial charge in [-0.2, -0.15) is 0 Å². The van der Waals surface area contributed by atoms with E-state index in [1.165, 1.54) is 6.08 Å². The van der Waals surface area contributed by atoms with Crippen LogP contribution >= 0.6 is 15.9 Å². The Morgan fingerprint density at radius 3 is 2.72 bits per heavy atom. The standard InChI is InChI=1S/C23H22BrNO4/c1-3-27-22(26)12-10-17-9-11-19(15-20(17)24)28-14-13-21-16(2)29-23(25-21)18-7-5-4-6-8-18/h4-12,15H,3,13-14H2,1-2H3. The minimum absolute atomic E-state index is 0.356. The third-order valence-corrected chi connectivity index (χ3v) is 4.87. The summed E-state index contributed by atoms with van der Waals surface area (Å²) in [5.74, 6) is 1.79. The van der Waals surface area contributed by atoms with Gasteiger partial charge in [0.25, 0.3) is 0 Å². The SMILES string of the molecule is CCOC(=O)C=Cc1ccc(OCCc2nc(-c3ccccc3)oc2C)cc1Br. The Bertz CT molecular complexity index is 995. The van der Waals surface area contributed by atoms with Crippen molar-refractivity contribution in [3.63, 3.8) is 0 Å². The van der Waals surface area contributed by atoms with Gasteiger partial charge in [0.15, 0.2) is 0 Å². The fourth-order valence-corrected chi connectivity index (χ4v) is 3.20. The zero-order chi connectivity index (χ0) is 20.6. The summed E-state index contributed by atoms with van der Waals surface area (Å²) in [6.07, 6.45) is 3.75. The number of benzene rings is 2. The maximum absolute atomic E-state index is 11.4. The molecule has 0 N–H and O–H groups in total. The Hall–Kier alpha value is -2.86. The summed E-state index contributed by atoms with van der Waals surface area (Å²) in [5.41, 5.74) is 2.71. The Labute approximate surface area is 178 Å². The summed E-state index contributed by atoms with van der Waals surface area (Å²) in [5, 5.41) is 0. The summed E-state index contributed by atoms with van der Waals surface area (Å²) in [7, 11) is 0. The van der Waals surface area contributed by atoms with Crippen molar-refractivity contribution >= 4 is 28.0 Å². The quantitative estimate of drug-likeness (QED) is 0.326. The van der Waals surface area contributed by atoms with Gasteiger partial charge in [-0.1, -0.05) is 40.2 Å². The summed E-state index contributed by atoms with van der Waals surface area (Å²) < 4.78 is 17.4. The summed E-state index contributed by atoms with van der Waals surface area (Å²) in [6, 6.07) is 15.4. The van der Waals surface area contributed by atoms with E-state index >= 15 is 0 Å². The van der Waals surface area contributed by atoms with Gasteiger partial charge in [-0.15, -0.1) is 0 Å². The molecule has 2 aromatic carbocycles. The van der Waals surface area contributed by atoms with Crippen LogP contribution in [0.25, 0.3) is 17.5 Å². The molecule has 5 nitrogen and oxygen atoms in total. The second kappa shape index (κ2) is 10.1. The van der Waals surface area contributed by atoms with E-state index < -0.39 is 0 Å². The summed E-state index contributed by atoms with van der Waals surface area (Å²) in [4.78, 5) is 16.0. The Morgan fingerprint density at radius 1 is 1.21 bits per heavy atom. The van der Waals surface area contributed by atoms with Crippen molar-refractivity contribution in [2.24, 2.45) is 0 Å². The summed E-state index contributed by atoms with van der Waals surface area (Å²) in [6.45, 7) is 4.52. The van der Waals surface area contributed by atoms with Crippen LogP contribution in [0.5, 0.6) is 5.75 Å². The van der Waals surface area contributed by atoms with E-state index in [0.717, 1.165) is 32.8 Å². The Balaban J connectivity index is 1.58. The lowest BCUT2D eigenvalue weighted by Crippen LogP contribution is -2.03. The molecule has 0 aliphatic heterocycles. The van der Waals surface area contributed by atoms with Gasteiger partial charge in [0.1, 0.15) is 11.5 Å². The highest BCUT2D eigenvalue weighted by atomic mass is 79.9. The predicted octanol–water partition coefficient (Wildman–Crippen LogP) is 5.61. The molecule has 1 heterocycles. The van der Waals surface area contributed by atoms with E-state index in [4.69, 9.17) is 13.9 Å². The second-order valence-electron chi connectivity index (χ2n) is 6.26. The molecule has 0 aliphatic rings. The second-order valence-corrected chi connectivity index (χ2v) is 7.11. The number of hydrogen-bond donors (Lipinski definition) is 0. The molecular weight excluding hydrogens is 434 g/mol. The monoisotopic (exact) mass is 455 g/mol. The first-order chi connectivity index (χ1) is 14.1. The van der Waals surface area contributed by atoms with Gasteiger partial charge >= 0.3 is 5.97 Å². The highest BCUT2D eigenvalue weighted by molar-refractivity contribution is 9.10. The van der Waals surface area contributed by atoms with Crippen molar-refractivity contribution in [3.8, 4) is 17.2 Å². The van der Waals surface area contributed by atoms with E-state index in [0.29, 0.717) is 25.5 Å². The van der Waals surface area contributed by atoms with Crippen molar-refractivity contribution in [3.05, 3.63) is 76.1 Å². The van der Waals surface area contributed by atoms with E-state index in [-0.39, 0.29) is 5.97 Å². The number of aromatic nitrogens is 1. The average molecular weight is 456 g/mol. The van der Waals surface area contributed by atoms with E-state index in [2.05, 4.69) is 20.9 Å². The van der Waals surface area contributed by atoms with Crippen molar-refractivity contribution in [1.82, 2.24) is 4.98 Å². The minimum atomic E-state index is -0.363. The Kier molecular flexibility index (Phi) is 7.25. The highest BCUT2D eigenvalue weighted by Crippen LogP contribution is 2.25. The van der Waals surface area contributed by atoms with Crippen molar-refractivity contribution < 1.29 is 18.7 Å². The molecule has 0 bridgehead atoms. The van der Waals surface area contributed by atoms with E-state index in [1.807, 2.05) is 55.5 Å². The minimum Gasteiger partial charge on any atom is -0.493 e. The first kappa shape index (κ1) is 20.9. The molecule has 0 unspecified atom stereocenters. The highest BCUT2D eigenvalue weighted by Gasteiger charge is 2.11. The molecule has 0 spiro atoms. The molecule has 0 fully saturated rings. The van der Waals surface area contributed by atoms with Crippen molar-refractivity contribution in [2.75, 3.05) is 13.2 Å². The van der Waals surface area contributed by atoms with Crippen LogP contribution in [0, 0.1) is 6.92 Å². The van der Waals surface area contributed by atoms with Crippen LogP contribution in [0.4, 0.5) is 0 Å². The normalized spacial score (nSPS) is 11.0. The third kappa shape index (κ3) is 5.81. The molecule has 6 heteroatoms. The molecular formula is C23H22BrNO4. The molecule has 0 aliphatic carbocycles. The molecule has 0 amide bonds. The number of hydrogen-bond acceptors (Lipinski definition) is 5. The maximum atomic E-state index is 11.4. The Morgan fingerprint density at radius 2 is 2.00 bits per heavy atom. The largest absolute Gasteiger partial charge is 0.493 e. The summed E-state index contributed by atoms with van der Waals surface area (Å²) >= 11 is 3.50. The number of nitrogens with zero attached hydrogens (tertiary/aromatic N) is 1. The fourth-order valence-electron chi connectivity index (χ4n) is 2.71. The number of oxazole rings is 1. The van der Waals surface area contributed by atoms with Crippen LogP contribution in [0.2, 0.25) is 0 Å². The van der Waals surface area contributed by atoms with Crippen LogP contribution in [0.15, 0.2) is 63.5 Å². The van der Waals surface area contributed by atoms with Gasteiger partial charge in [-0.25, -0.2) is 9.78 Å². The number of halogens is 1. The smallest absolute Gasteiger partial charge is 0.330 e. The molecule has 29 heavy (non-hydrogen) atoms. The van der Waals surface area contributed by atoms with Gasteiger partial charge < -0.3 is 13.9 Å². The number of carbonyl (C=O) groups is 1. The van der Waals surface area contributed by atoms with Crippen molar-refractivity contribution in [2.45, 2.75) is 20.3 Å². The van der Waals surface area contributed by atoms with Gasteiger partial charge in [-0.05, 0) is 49.8 Å². The zero-order valence-corrected chi connectivity index (χ0v) is 17.9. The lowest BCUT2D eigenvalue weighted by molar-refractivity contribution is -0.137. The molecule has 0 atom stereocenters. The molecule has 150 valence electrons. The van der Waals surface area contributed by atoms with Gasteiger partial charge in [0, 0.05) is 22.5 Å².